The van der Waals surface area contributed by atoms with Crippen LogP contribution in [0.25, 0.3) is 0 Å². The summed E-state index contributed by atoms with van der Waals surface area (Å²) in [7, 11) is 0. The molecule has 1 saturated carbocycles. The molecule has 0 heterocycles. The minimum absolute atomic E-state index is 0.111. The Morgan fingerprint density at radius 1 is 1.33 bits per heavy atom. The van der Waals surface area contributed by atoms with E-state index in [1.807, 2.05) is 6.08 Å². The molecule has 1 fully saturated rings. The molecule has 0 bridgehead atoms. The molecule has 0 saturated heterocycles. The van der Waals surface area contributed by atoms with Gasteiger partial charge in [0.1, 0.15) is 0 Å². The van der Waals surface area contributed by atoms with E-state index in [0.29, 0.717) is 11.3 Å². The van der Waals surface area contributed by atoms with Crippen molar-refractivity contribution in [2.24, 2.45) is 17.3 Å². The zero-order valence-corrected chi connectivity index (χ0v) is 10.5. The highest BCUT2D eigenvalue weighted by atomic mass is 16.1. The quantitative estimate of drug-likeness (QED) is 0.507. The molecule has 1 aliphatic carbocycles. The van der Waals surface area contributed by atoms with Gasteiger partial charge in [-0.1, -0.05) is 38.5 Å². The van der Waals surface area contributed by atoms with Crippen LogP contribution in [0.5, 0.6) is 0 Å². The SMILES string of the molecule is CC(=O)/C=C\C=C(\C)[C@H]1C[C@@H](C)C1(C)C. The van der Waals surface area contributed by atoms with Crippen LogP contribution in [0.3, 0.4) is 0 Å². The lowest BCUT2D eigenvalue weighted by atomic mass is 9.53. The first-order valence-corrected chi connectivity index (χ1v) is 5.71. The van der Waals surface area contributed by atoms with Crippen molar-refractivity contribution < 1.29 is 4.79 Å². The van der Waals surface area contributed by atoms with E-state index in [1.165, 1.54) is 12.0 Å². The van der Waals surface area contributed by atoms with E-state index in [0.717, 1.165) is 5.92 Å². The second-order valence-corrected chi connectivity index (χ2v) is 5.39. The summed E-state index contributed by atoms with van der Waals surface area (Å²) in [6, 6.07) is 0. The predicted molar refractivity (Wildman–Crippen MR) is 64.6 cm³/mol. The van der Waals surface area contributed by atoms with E-state index in [-0.39, 0.29) is 5.78 Å². The fourth-order valence-corrected chi connectivity index (χ4v) is 2.37. The van der Waals surface area contributed by atoms with Crippen molar-refractivity contribution in [3.63, 3.8) is 0 Å². The number of hydrogen-bond acceptors (Lipinski definition) is 1. The molecule has 0 radical (unpaired) electrons. The maximum Gasteiger partial charge on any atom is 0.152 e. The molecule has 0 aliphatic heterocycles. The van der Waals surface area contributed by atoms with Crippen LogP contribution in [0.1, 0.15) is 41.0 Å². The third kappa shape index (κ3) is 2.58. The average molecular weight is 206 g/mol. The number of ketones is 1. The van der Waals surface area contributed by atoms with Crippen LogP contribution in [0, 0.1) is 17.3 Å². The van der Waals surface area contributed by atoms with Crippen LogP contribution in [0.2, 0.25) is 0 Å². The summed E-state index contributed by atoms with van der Waals surface area (Å²) in [5, 5.41) is 0. The highest BCUT2D eigenvalue weighted by Gasteiger charge is 2.45. The molecule has 0 amide bonds. The molecule has 0 spiro atoms. The molecule has 0 unspecified atom stereocenters. The molecule has 1 heteroatoms. The molecule has 84 valence electrons. The van der Waals surface area contributed by atoms with Crippen molar-refractivity contribution in [2.45, 2.75) is 41.0 Å². The maximum absolute atomic E-state index is 10.7. The van der Waals surface area contributed by atoms with Crippen LogP contribution < -0.4 is 0 Å². The summed E-state index contributed by atoms with van der Waals surface area (Å²) in [6.45, 7) is 10.7. The normalized spacial score (nSPS) is 30.3. The smallest absolute Gasteiger partial charge is 0.152 e. The number of carbonyl (C=O) groups excluding carboxylic acids is 1. The van der Waals surface area contributed by atoms with E-state index < -0.39 is 0 Å². The Balaban J connectivity index is 2.63. The van der Waals surface area contributed by atoms with Crippen molar-refractivity contribution in [1.29, 1.82) is 0 Å². The van der Waals surface area contributed by atoms with Gasteiger partial charge in [-0.3, -0.25) is 4.79 Å². The Bertz CT molecular complexity index is 307. The van der Waals surface area contributed by atoms with Crippen LogP contribution in [-0.4, -0.2) is 5.78 Å². The predicted octanol–water partition coefficient (Wildman–Crippen LogP) is 3.76. The molecule has 1 nitrogen and oxygen atoms in total. The molecule has 1 rings (SSSR count). The van der Waals surface area contributed by atoms with Crippen LogP contribution in [0.4, 0.5) is 0 Å². The van der Waals surface area contributed by atoms with E-state index in [2.05, 4.69) is 33.8 Å². The fraction of sp³-hybridized carbons (Fsp3) is 0.643. The summed E-state index contributed by atoms with van der Waals surface area (Å²) in [4.78, 5) is 10.7. The molecule has 0 aromatic carbocycles. The molecular weight excluding hydrogens is 184 g/mol. The van der Waals surface area contributed by atoms with E-state index >= 15 is 0 Å². The second-order valence-electron chi connectivity index (χ2n) is 5.39. The largest absolute Gasteiger partial charge is 0.295 e. The first-order valence-electron chi connectivity index (χ1n) is 5.71. The van der Waals surface area contributed by atoms with E-state index in [4.69, 9.17) is 0 Å². The van der Waals surface area contributed by atoms with Gasteiger partial charge in [0.2, 0.25) is 0 Å². The zero-order valence-electron chi connectivity index (χ0n) is 10.5. The third-order valence-electron chi connectivity index (χ3n) is 4.00. The zero-order chi connectivity index (χ0) is 11.6. The molecular formula is C14H22O. The van der Waals surface area contributed by atoms with Gasteiger partial charge in [-0.2, -0.15) is 0 Å². The van der Waals surface area contributed by atoms with Gasteiger partial charge in [0.05, 0.1) is 0 Å². The fourth-order valence-electron chi connectivity index (χ4n) is 2.37. The molecule has 0 aromatic heterocycles. The van der Waals surface area contributed by atoms with Crippen molar-refractivity contribution in [2.75, 3.05) is 0 Å². The standard InChI is InChI=1S/C14H22O/c1-10(7-6-8-12(3)15)13-9-11(2)14(13,4)5/h6-8,11,13H,9H2,1-5H3/b8-6-,10-7-/t11-,13-/m1/s1. The molecule has 15 heavy (non-hydrogen) atoms. The second kappa shape index (κ2) is 4.34. The van der Waals surface area contributed by atoms with Gasteiger partial charge in [0.15, 0.2) is 5.78 Å². The average Bonchev–Trinajstić information content (AvgIpc) is 2.13. The first kappa shape index (κ1) is 12.2. The summed E-state index contributed by atoms with van der Waals surface area (Å²) < 4.78 is 0. The lowest BCUT2D eigenvalue weighted by Crippen LogP contribution is -2.43. The van der Waals surface area contributed by atoms with Gasteiger partial charge in [-0.25, -0.2) is 0 Å². The minimum Gasteiger partial charge on any atom is -0.295 e. The van der Waals surface area contributed by atoms with E-state index in [1.54, 1.807) is 13.0 Å². The molecule has 0 N–H and O–H groups in total. The highest BCUT2D eigenvalue weighted by molar-refractivity contribution is 5.87. The number of carbonyl (C=O) groups is 1. The Morgan fingerprint density at radius 3 is 2.33 bits per heavy atom. The van der Waals surface area contributed by atoms with Crippen LogP contribution in [-0.2, 0) is 4.79 Å². The summed E-state index contributed by atoms with van der Waals surface area (Å²) >= 11 is 0. The Kier molecular flexibility index (Phi) is 3.54. The summed E-state index contributed by atoms with van der Waals surface area (Å²) in [5.74, 6) is 1.60. The topological polar surface area (TPSA) is 17.1 Å². The van der Waals surface area contributed by atoms with Crippen LogP contribution in [0.15, 0.2) is 23.8 Å². The lowest BCUT2D eigenvalue weighted by molar-refractivity contribution is -0.112. The van der Waals surface area contributed by atoms with E-state index in [9.17, 15) is 4.79 Å². The van der Waals surface area contributed by atoms with Crippen molar-refractivity contribution >= 4 is 5.78 Å². The number of hydrogen-bond donors (Lipinski definition) is 0. The molecule has 1 aliphatic rings. The number of rotatable bonds is 3. The monoisotopic (exact) mass is 206 g/mol. The molecule has 2 atom stereocenters. The van der Waals surface area contributed by atoms with Gasteiger partial charge < -0.3 is 0 Å². The summed E-state index contributed by atoms with van der Waals surface area (Å²) in [6.07, 6.45) is 6.86. The lowest BCUT2D eigenvalue weighted by Gasteiger charge is -2.51. The van der Waals surface area contributed by atoms with Gasteiger partial charge in [0.25, 0.3) is 0 Å². The Morgan fingerprint density at radius 2 is 1.93 bits per heavy atom. The Labute approximate surface area is 93.3 Å². The minimum atomic E-state index is 0.111. The van der Waals surface area contributed by atoms with Crippen molar-refractivity contribution in [3.8, 4) is 0 Å². The van der Waals surface area contributed by atoms with Crippen molar-refractivity contribution in [1.82, 2.24) is 0 Å². The highest BCUT2D eigenvalue weighted by Crippen LogP contribution is 2.53. The Hall–Kier alpha value is -0.850. The van der Waals surface area contributed by atoms with Gasteiger partial charge in [-0.05, 0) is 43.6 Å². The number of allylic oxidation sites excluding steroid dienone is 4. The van der Waals surface area contributed by atoms with Gasteiger partial charge in [-0.15, -0.1) is 0 Å². The first-order chi connectivity index (χ1) is 6.85. The third-order valence-corrected chi connectivity index (χ3v) is 4.00. The van der Waals surface area contributed by atoms with Crippen molar-refractivity contribution in [3.05, 3.63) is 23.8 Å². The summed E-state index contributed by atoms with van der Waals surface area (Å²) in [5.41, 5.74) is 1.82. The van der Waals surface area contributed by atoms with Gasteiger partial charge in [0, 0.05) is 0 Å². The molecule has 0 aromatic rings. The van der Waals surface area contributed by atoms with Crippen LogP contribution >= 0.6 is 0 Å². The maximum atomic E-state index is 10.7. The van der Waals surface area contributed by atoms with Gasteiger partial charge >= 0.3 is 0 Å².